The van der Waals surface area contributed by atoms with Crippen LogP contribution in [-0.2, 0) is 16.1 Å². The molecule has 0 bridgehead atoms. The van der Waals surface area contributed by atoms with Crippen molar-refractivity contribution in [3.63, 3.8) is 0 Å². The number of nitrogens with zero attached hydrogens (tertiary/aromatic N) is 1. The Bertz CT molecular complexity index is 662. The van der Waals surface area contributed by atoms with Crippen LogP contribution >= 0.6 is 0 Å². The molecule has 3 rings (SSSR count). The van der Waals surface area contributed by atoms with Gasteiger partial charge in [-0.25, -0.2) is 0 Å². The van der Waals surface area contributed by atoms with E-state index in [1.807, 2.05) is 31.2 Å². The third-order valence-electron chi connectivity index (χ3n) is 3.86. The summed E-state index contributed by atoms with van der Waals surface area (Å²) >= 11 is 0. The lowest BCUT2D eigenvalue weighted by Crippen LogP contribution is -2.32. The van der Waals surface area contributed by atoms with Gasteiger partial charge in [-0.2, -0.15) is 0 Å². The number of hydrogen-bond donors (Lipinski definition) is 1. The van der Waals surface area contributed by atoms with Crippen molar-refractivity contribution in [3.05, 3.63) is 54.0 Å². The summed E-state index contributed by atoms with van der Waals surface area (Å²) in [4.78, 5) is 26.0. The second-order valence-electron chi connectivity index (χ2n) is 5.54. The van der Waals surface area contributed by atoms with Gasteiger partial charge in [0.05, 0.1) is 18.7 Å². The lowest BCUT2D eigenvalue weighted by atomic mass is 10.1. The summed E-state index contributed by atoms with van der Waals surface area (Å²) in [5.41, 5.74) is 1.99. The molecule has 0 aliphatic carbocycles. The fraction of sp³-hybridized carbons (Fsp3) is 0.294. The normalized spacial score (nSPS) is 17.8. The first-order chi connectivity index (χ1) is 10.6. The van der Waals surface area contributed by atoms with Crippen LogP contribution in [0.15, 0.2) is 47.1 Å². The van der Waals surface area contributed by atoms with E-state index in [2.05, 4.69) is 5.32 Å². The monoisotopic (exact) mass is 298 g/mol. The number of carbonyl (C=O) groups excluding carboxylic acids is 2. The van der Waals surface area contributed by atoms with Gasteiger partial charge < -0.3 is 14.6 Å². The number of hydrogen-bond acceptors (Lipinski definition) is 3. The zero-order valence-corrected chi connectivity index (χ0v) is 12.4. The van der Waals surface area contributed by atoms with Crippen LogP contribution in [0.5, 0.6) is 0 Å². The molecule has 5 heteroatoms. The van der Waals surface area contributed by atoms with Crippen LogP contribution < -0.4 is 10.2 Å². The molecule has 0 spiro atoms. The molecule has 2 amide bonds. The number of benzene rings is 1. The first-order valence-corrected chi connectivity index (χ1v) is 7.30. The molecular formula is C17H18N2O3. The van der Waals surface area contributed by atoms with Crippen molar-refractivity contribution in [2.45, 2.75) is 19.9 Å². The van der Waals surface area contributed by atoms with E-state index in [4.69, 9.17) is 4.42 Å². The Hall–Kier alpha value is -2.56. The zero-order chi connectivity index (χ0) is 15.5. The Kier molecular flexibility index (Phi) is 3.96. The Morgan fingerprint density at radius 3 is 2.77 bits per heavy atom. The van der Waals surface area contributed by atoms with Gasteiger partial charge in [-0.1, -0.05) is 17.7 Å². The molecule has 114 valence electrons. The molecule has 1 aromatic heterocycles. The van der Waals surface area contributed by atoms with Crippen molar-refractivity contribution in [3.8, 4) is 0 Å². The number of rotatable bonds is 4. The van der Waals surface area contributed by atoms with Crippen LogP contribution in [0.2, 0.25) is 0 Å². The molecule has 1 aromatic carbocycles. The zero-order valence-electron chi connectivity index (χ0n) is 12.4. The van der Waals surface area contributed by atoms with Crippen LogP contribution in [0.3, 0.4) is 0 Å². The molecule has 0 unspecified atom stereocenters. The van der Waals surface area contributed by atoms with Crippen molar-refractivity contribution < 1.29 is 14.0 Å². The summed E-state index contributed by atoms with van der Waals surface area (Å²) in [6.45, 7) is 2.77. The Labute approximate surface area is 128 Å². The summed E-state index contributed by atoms with van der Waals surface area (Å²) in [5, 5.41) is 2.82. The summed E-state index contributed by atoms with van der Waals surface area (Å²) in [5.74, 6) is 0.262. The van der Waals surface area contributed by atoms with E-state index < -0.39 is 0 Å². The minimum Gasteiger partial charge on any atom is -0.467 e. The maximum absolute atomic E-state index is 12.2. The first kappa shape index (κ1) is 14.4. The van der Waals surface area contributed by atoms with Crippen LogP contribution in [-0.4, -0.2) is 18.4 Å². The van der Waals surface area contributed by atoms with E-state index in [9.17, 15) is 9.59 Å². The molecule has 2 aromatic rings. The van der Waals surface area contributed by atoms with Crippen molar-refractivity contribution in [2.75, 3.05) is 11.4 Å². The van der Waals surface area contributed by atoms with Gasteiger partial charge in [-0.05, 0) is 31.2 Å². The van der Waals surface area contributed by atoms with Gasteiger partial charge in [-0.3, -0.25) is 9.59 Å². The number of aryl methyl sites for hydroxylation is 1. The Morgan fingerprint density at radius 2 is 2.09 bits per heavy atom. The maximum Gasteiger partial charge on any atom is 0.227 e. The predicted octanol–water partition coefficient (Wildman–Crippen LogP) is 2.26. The number of nitrogens with one attached hydrogen (secondary N) is 1. The molecule has 2 heterocycles. The Morgan fingerprint density at radius 1 is 1.32 bits per heavy atom. The summed E-state index contributed by atoms with van der Waals surface area (Å²) in [7, 11) is 0. The number of anilines is 1. The summed E-state index contributed by atoms with van der Waals surface area (Å²) in [6, 6.07) is 11.3. The van der Waals surface area contributed by atoms with E-state index in [1.165, 1.54) is 0 Å². The number of amides is 2. The fourth-order valence-corrected chi connectivity index (χ4v) is 2.59. The van der Waals surface area contributed by atoms with Crippen LogP contribution in [0.25, 0.3) is 0 Å². The quantitative estimate of drug-likeness (QED) is 0.941. The minimum atomic E-state index is -0.316. The summed E-state index contributed by atoms with van der Waals surface area (Å²) in [6.07, 6.45) is 1.82. The average molecular weight is 298 g/mol. The second-order valence-corrected chi connectivity index (χ2v) is 5.54. The van der Waals surface area contributed by atoms with Gasteiger partial charge >= 0.3 is 0 Å². The molecule has 1 aliphatic heterocycles. The van der Waals surface area contributed by atoms with E-state index >= 15 is 0 Å². The van der Waals surface area contributed by atoms with Crippen molar-refractivity contribution in [2.24, 2.45) is 5.92 Å². The molecular weight excluding hydrogens is 280 g/mol. The van der Waals surface area contributed by atoms with Gasteiger partial charge in [-0.15, -0.1) is 0 Å². The molecule has 0 radical (unpaired) electrons. The third kappa shape index (κ3) is 3.03. The van der Waals surface area contributed by atoms with Gasteiger partial charge in [0.25, 0.3) is 0 Å². The van der Waals surface area contributed by atoms with Gasteiger partial charge in [0.1, 0.15) is 5.76 Å². The molecule has 1 atom stereocenters. The first-order valence-electron chi connectivity index (χ1n) is 7.30. The van der Waals surface area contributed by atoms with Crippen LogP contribution in [0, 0.1) is 12.8 Å². The molecule has 0 saturated carbocycles. The van der Waals surface area contributed by atoms with Crippen molar-refractivity contribution in [1.82, 2.24) is 5.32 Å². The molecule has 1 fully saturated rings. The highest BCUT2D eigenvalue weighted by atomic mass is 16.3. The van der Waals surface area contributed by atoms with E-state index in [-0.39, 0.29) is 24.2 Å². The fourth-order valence-electron chi connectivity index (χ4n) is 2.59. The Balaban J connectivity index is 1.61. The average Bonchev–Trinajstić information content (AvgIpc) is 3.15. The highest BCUT2D eigenvalue weighted by molar-refractivity contribution is 6.00. The van der Waals surface area contributed by atoms with Crippen molar-refractivity contribution in [1.29, 1.82) is 0 Å². The van der Waals surface area contributed by atoms with E-state index in [0.29, 0.717) is 18.8 Å². The van der Waals surface area contributed by atoms with E-state index in [1.54, 1.807) is 23.3 Å². The van der Waals surface area contributed by atoms with Gasteiger partial charge in [0.15, 0.2) is 0 Å². The predicted molar refractivity (Wildman–Crippen MR) is 82.2 cm³/mol. The molecule has 22 heavy (non-hydrogen) atoms. The van der Waals surface area contributed by atoms with Gasteiger partial charge in [0, 0.05) is 18.7 Å². The largest absolute Gasteiger partial charge is 0.467 e. The third-order valence-corrected chi connectivity index (χ3v) is 3.86. The van der Waals surface area contributed by atoms with Crippen LogP contribution in [0.1, 0.15) is 17.7 Å². The SMILES string of the molecule is Cc1ccc(N2C[C@@H](C(=O)NCc3ccco3)CC2=O)cc1. The minimum absolute atomic E-state index is 0.0120. The van der Waals surface area contributed by atoms with Crippen LogP contribution in [0.4, 0.5) is 5.69 Å². The van der Waals surface area contributed by atoms with Crippen molar-refractivity contribution >= 4 is 17.5 Å². The summed E-state index contributed by atoms with van der Waals surface area (Å²) < 4.78 is 5.18. The lowest BCUT2D eigenvalue weighted by Gasteiger charge is -2.16. The maximum atomic E-state index is 12.2. The molecule has 1 saturated heterocycles. The highest BCUT2D eigenvalue weighted by Gasteiger charge is 2.34. The second kappa shape index (κ2) is 6.05. The van der Waals surface area contributed by atoms with Gasteiger partial charge in [0.2, 0.25) is 11.8 Å². The topological polar surface area (TPSA) is 62.6 Å². The molecule has 5 nitrogen and oxygen atoms in total. The number of carbonyl (C=O) groups is 2. The van der Waals surface area contributed by atoms with E-state index in [0.717, 1.165) is 11.3 Å². The highest BCUT2D eigenvalue weighted by Crippen LogP contribution is 2.25. The standard InChI is InChI=1S/C17H18N2O3/c1-12-4-6-14(7-5-12)19-11-13(9-16(19)20)17(21)18-10-15-3-2-8-22-15/h2-8,13H,9-11H2,1H3,(H,18,21)/t13-/m0/s1. The lowest BCUT2D eigenvalue weighted by molar-refractivity contribution is -0.126. The smallest absolute Gasteiger partial charge is 0.227 e. The number of furan rings is 1. The molecule has 1 N–H and O–H groups in total. The molecule has 1 aliphatic rings.